The van der Waals surface area contributed by atoms with E-state index >= 15 is 0 Å². The van der Waals surface area contributed by atoms with Gasteiger partial charge < -0.3 is 20.1 Å². The lowest BCUT2D eigenvalue weighted by molar-refractivity contribution is -0.148. The zero-order chi connectivity index (χ0) is 16.1. The second-order valence-corrected chi connectivity index (χ2v) is 5.54. The number of aliphatic carboxylic acids is 1. The van der Waals surface area contributed by atoms with E-state index in [2.05, 4.69) is 5.32 Å². The van der Waals surface area contributed by atoms with Crippen LogP contribution in [0.5, 0.6) is 0 Å². The minimum Gasteiger partial charge on any atom is -0.480 e. The lowest BCUT2D eigenvalue weighted by atomic mass is 9.97. The van der Waals surface area contributed by atoms with Crippen molar-refractivity contribution in [2.75, 3.05) is 18.7 Å². The normalized spacial score (nSPS) is 20.5. The molecule has 6 heteroatoms. The number of nitrogens with zero attached hydrogens (tertiary/aromatic N) is 1. The third-order valence-electron chi connectivity index (χ3n) is 4.03. The molecular weight excluding hydrogens is 284 g/mol. The number of para-hydroxylation sites is 1. The van der Waals surface area contributed by atoms with Gasteiger partial charge in [-0.05, 0) is 18.1 Å². The van der Waals surface area contributed by atoms with E-state index in [1.807, 2.05) is 44.2 Å². The molecule has 0 aromatic heterocycles. The first-order valence-corrected chi connectivity index (χ1v) is 7.47. The van der Waals surface area contributed by atoms with E-state index in [0.29, 0.717) is 0 Å². The molecule has 120 valence electrons. The summed E-state index contributed by atoms with van der Waals surface area (Å²) in [5.41, 5.74) is 0.841. The molecule has 1 aromatic carbocycles. The Labute approximate surface area is 130 Å². The van der Waals surface area contributed by atoms with Crippen LogP contribution in [-0.2, 0) is 14.3 Å². The van der Waals surface area contributed by atoms with Gasteiger partial charge in [0.05, 0.1) is 6.61 Å². The first-order valence-electron chi connectivity index (χ1n) is 7.47. The fraction of sp³-hybridized carbons (Fsp3) is 0.500. The van der Waals surface area contributed by atoms with Crippen LogP contribution in [0, 0.1) is 5.92 Å². The Balaban J connectivity index is 2.18. The fourth-order valence-electron chi connectivity index (χ4n) is 2.44. The van der Waals surface area contributed by atoms with Crippen LogP contribution in [0.4, 0.5) is 5.69 Å². The molecule has 1 aromatic rings. The summed E-state index contributed by atoms with van der Waals surface area (Å²) < 4.78 is 5.16. The number of hydrogen-bond donors (Lipinski definition) is 2. The molecule has 1 saturated heterocycles. The van der Waals surface area contributed by atoms with E-state index in [1.165, 1.54) is 4.90 Å². The Morgan fingerprint density at radius 2 is 2.09 bits per heavy atom. The Bertz CT molecular complexity index is 520. The van der Waals surface area contributed by atoms with Gasteiger partial charge in [0, 0.05) is 5.69 Å². The van der Waals surface area contributed by atoms with Gasteiger partial charge >= 0.3 is 5.97 Å². The average Bonchev–Trinajstić information content (AvgIpc) is 3.02. The zero-order valence-electron chi connectivity index (χ0n) is 12.9. The van der Waals surface area contributed by atoms with Crippen molar-refractivity contribution in [3.05, 3.63) is 30.3 Å². The second-order valence-electron chi connectivity index (χ2n) is 5.54. The predicted molar refractivity (Wildman–Crippen MR) is 82.4 cm³/mol. The summed E-state index contributed by atoms with van der Waals surface area (Å²) in [6, 6.07) is 8.07. The van der Waals surface area contributed by atoms with Gasteiger partial charge in [-0.3, -0.25) is 4.79 Å². The van der Waals surface area contributed by atoms with Gasteiger partial charge in [0.2, 0.25) is 5.91 Å². The summed E-state index contributed by atoms with van der Waals surface area (Å²) in [7, 11) is 0. The van der Waals surface area contributed by atoms with E-state index in [1.54, 1.807) is 0 Å². The van der Waals surface area contributed by atoms with E-state index in [-0.39, 0.29) is 25.2 Å². The molecule has 0 aliphatic carbocycles. The zero-order valence-corrected chi connectivity index (χ0v) is 12.9. The topological polar surface area (TPSA) is 78.9 Å². The Hall–Kier alpha value is -2.08. The molecule has 1 amide bonds. The van der Waals surface area contributed by atoms with Crippen molar-refractivity contribution < 1.29 is 19.4 Å². The Morgan fingerprint density at radius 3 is 2.68 bits per heavy atom. The van der Waals surface area contributed by atoms with Crippen LogP contribution in [0.15, 0.2) is 30.3 Å². The number of rotatable bonds is 6. The highest BCUT2D eigenvalue weighted by atomic mass is 16.5. The van der Waals surface area contributed by atoms with Gasteiger partial charge in [0.25, 0.3) is 0 Å². The minimum absolute atomic E-state index is 0.0270. The largest absolute Gasteiger partial charge is 0.480 e. The smallest absolute Gasteiger partial charge is 0.328 e. The van der Waals surface area contributed by atoms with Crippen molar-refractivity contribution in [2.45, 2.75) is 32.4 Å². The summed E-state index contributed by atoms with van der Waals surface area (Å²) in [6.45, 7) is 4.05. The maximum atomic E-state index is 12.8. The molecule has 2 N–H and O–H groups in total. The van der Waals surface area contributed by atoms with E-state index in [9.17, 15) is 14.7 Å². The molecule has 0 radical (unpaired) electrons. The molecule has 2 rings (SSSR count). The lowest BCUT2D eigenvalue weighted by Crippen LogP contribution is -2.50. The van der Waals surface area contributed by atoms with Crippen molar-refractivity contribution in [3.8, 4) is 0 Å². The molecule has 1 heterocycles. The maximum absolute atomic E-state index is 12.8. The number of carbonyl (C=O) groups excluding carboxylic acids is 1. The van der Waals surface area contributed by atoms with Gasteiger partial charge in [-0.2, -0.15) is 0 Å². The molecule has 22 heavy (non-hydrogen) atoms. The van der Waals surface area contributed by atoms with Crippen molar-refractivity contribution in [3.63, 3.8) is 0 Å². The van der Waals surface area contributed by atoms with Gasteiger partial charge in [-0.15, -0.1) is 0 Å². The third-order valence-corrected chi connectivity index (χ3v) is 4.03. The number of nitrogens with one attached hydrogen (secondary N) is 1. The molecule has 6 nitrogen and oxygen atoms in total. The molecule has 0 bridgehead atoms. The number of carboxylic acid groups (broad SMARTS) is 1. The Morgan fingerprint density at radius 1 is 1.41 bits per heavy atom. The molecule has 1 fully saturated rings. The van der Waals surface area contributed by atoms with Crippen molar-refractivity contribution in [1.82, 2.24) is 4.90 Å². The summed E-state index contributed by atoms with van der Waals surface area (Å²) in [6.07, 6.45) is 0.808. The van der Waals surface area contributed by atoms with Crippen LogP contribution in [0.2, 0.25) is 0 Å². The molecule has 0 spiro atoms. The highest BCUT2D eigenvalue weighted by molar-refractivity contribution is 5.89. The van der Waals surface area contributed by atoms with Gasteiger partial charge in [0.1, 0.15) is 12.8 Å². The van der Waals surface area contributed by atoms with Crippen molar-refractivity contribution in [2.24, 2.45) is 5.92 Å². The van der Waals surface area contributed by atoms with Gasteiger partial charge in [-0.1, -0.05) is 38.5 Å². The minimum atomic E-state index is -1.03. The van der Waals surface area contributed by atoms with Crippen LogP contribution in [-0.4, -0.2) is 47.3 Å². The third kappa shape index (κ3) is 3.57. The molecule has 1 aliphatic heterocycles. The summed E-state index contributed by atoms with van der Waals surface area (Å²) in [5, 5.41) is 12.4. The second kappa shape index (κ2) is 7.26. The van der Waals surface area contributed by atoms with Crippen LogP contribution in [0.3, 0.4) is 0 Å². The Kier molecular flexibility index (Phi) is 5.38. The number of ether oxygens (including phenoxy) is 1. The van der Waals surface area contributed by atoms with Crippen molar-refractivity contribution >= 4 is 17.6 Å². The SMILES string of the molecule is CCC(C)C(Nc1ccccc1)C(=O)N1COCC1C(=O)O. The van der Waals surface area contributed by atoms with Crippen LogP contribution in [0.1, 0.15) is 20.3 Å². The average molecular weight is 306 g/mol. The first kappa shape index (κ1) is 16.3. The van der Waals surface area contributed by atoms with E-state index in [0.717, 1.165) is 12.1 Å². The number of carboxylic acids is 1. The lowest BCUT2D eigenvalue weighted by Gasteiger charge is -2.29. The van der Waals surface area contributed by atoms with Crippen LogP contribution >= 0.6 is 0 Å². The number of anilines is 1. The number of carbonyl (C=O) groups is 2. The highest BCUT2D eigenvalue weighted by Crippen LogP contribution is 2.20. The number of hydrogen-bond acceptors (Lipinski definition) is 4. The summed E-state index contributed by atoms with van der Waals surface area (Å²) in [4.78, 5) is 25.3. The summed E-state index contributed by atoms with van der Waals surface area (Å²) >= 11 is 0. The molecule has 0 saturated carbocycles. The fourth-order valence-corrected chi connectivity index (χ4v) is 2.44. The molecular formula is C16H22N2O4. The van der Waals surface area contributed by atoms with Crippen LogP contribution < -0.4 is 5.32 Å². The molecule has 1 aliphatic rings. The number of benzene rings is 1. The van der Waals surface area contributed by atoms with E-state index in [4.69, 9.17) is 4.74 Å². The standard InChI is InChI=1S/C16H22N2O4/c1-3-11(2)14(17-12-7-5-4-6-8-12)15(19)18-10-22-9-13(18)16(20)21/h4-8,11,13-14,17H,3,9-10H2,1-2H3,(H,20,21). The maximum Gasteiger partial charge on any atom is 0.328 e. The first-order chi connectivity index (χ1) is 10.5. The monoisotopic (exact) mass is 306 g/mol. The van der Waals surface area contributed by atoms with Gasteiger partial charge in [0.15, 0.2) is 6.04 Å². The molecule has 3 unspecified atom stereocenters. The predicted octanol–water partition coefficient (Wildman–Crippen LogP) is 1.78. The van der Waals surface area contributed by atoms with Gasteiger partial charge in [-0.25, -0.2) is 4.79 Å². The van der Waals surface area contributed by atoms with Crippen molar-refractivity contribution in [1.29, 1.82) is 0 Å². The van der Waals surface area contributed by atoms with E-state index < -0.39 is 18.1 Å². The summed E-state index contributed by atoms with van der Waals surface area (Å²) in [5.74, 6) is -1.20. The quantitative estimate of drug-likeness (QED) is 0.837. The highest BCUT2D eigenvalue weighted by Gasteiger charge is 2.39. The molecule has 3 atom stereocenters. The van der Waals surface area contributed by atoms with Crippen LogP contribution in [0.25, 0.3) is 0 Å². The number of amides is 1.